The molecule has 0 spiro atoms. The number of aryl methyl sites for hydroxylation is 2. The van der Waals surface area contributed by atoms with E-state index in [0.717, 1.165) is 27.7 Å². The standard InChI is InChI=1S/C25H21N3O4S/c1-14-8-9-15(2)19(12-14)28-23(29)22-21(17-6-4-5-7-18(17)26-22)27-25(28)33-13-16-10-11-20(32-16)24(30)31-3/h4-12,26H,13H2,1-3H3. The van der Waals surface area contributed by atoms with E-state index in [-0.39, 0.29) is 11.3 Å². The van der Waals surface area contributed by atoms with Crippen LogP contribution in [0.5, 0.6) is 0 Å². The van der Waals surface area contributed by atoms with Crippen molar-refractivity contribution in [2.24, 2.45) is 0 Å². The number of carbonyl (C=O) groups excluding carboxylic acids is 1. The molecule has 0 aliphatic carbocycles. The van der Waals surface area contributed by atoms with Crippen molar-refractivity contribution in [3.05, 3.63) is 87.6 Å². The molecule has 0 amide bonds. The molecule has 8 heteroatoms. The summed E-state index contributed by atoms with van der Waals surface area (Å²) in [6.45, 7) is 3.97. The summed E-state index contributed by atoms with van der Waals surface area (Å²) in [4.78, 5) is 33.6. The van der Waals surface area contributed by atoms with Crippen LogP contribution in [0.1, 0.15) is 27.4 Å². The number of ether oxygens (including phenoxy) is 1. The number of H-pyrrole nitrogens is 1. The van der Waals surface area contributed by atoms with Crippen LogP contribution in [-0.4, -0.2) is 27.6 Å². The summed E-state index contributed by atoms with van der Waals surface area (Å²) >= 11 is 1.38. The van der Waals surface area contributed by atoms with E-state index in [0.29, 0.717) is 27.7 Å². The Labute approximate surface area is 193 Å². The van der Waals surface area contributed by atoms with Gasteiger partial charge in [0, 0.05) is 10.9 Å². The van der Waals surface area contributed by atoms with Gasteiger partial charge in [0.15, 0.2) is 5.16 Å². The van der Waals surface area contributed by atoms with Gasteiger partial charge in [-0.3, -0.25) is 9.36 Å². The van der Waals surface area contributed by atoms with Crippen LogP contribution in [0.4, 0.5) is 0 Å². The minimum absolute atomic E-state index is 0.139. The third kappa shape index (κ3) is 3.72. The van der Waals surface area contributed by atoms with Crippen molar-refractivity contribution in [2.75, 3.05) is 7.11 Å². The van der Waals surface area contributed by atoms with Gasteiger partial charge in [-0.1, -0.05) is 42.1 Å². The Hall–Kier alpha value is -3.78. The number of methoxy groups -OCH3 is 1. The number of carbonyl (C=O) groups is 1. The number of benzene rings is 2. The molecule has 2 aromatic carbocycles. The number of rotatable bonds is 5. The Bertz CT molecular complexity index is 1580. The highest BCUT2D eigenvalue weighted by Gasteiger charge is 2.19. The quantitative estimate of drug-likeness (QED) is 0.222. The fourth-order valence-electron chi connectivity index (χ4n) is 3.81. The molecule has 0 aliphatic heterocycles. The summed E-state index contributed by atoms with van der Waals surface area (Å²) in [5.41, 5.74) is 4.59. The van der Waals surface area contributed by atoms with Crippen LogP contribution in [0.15, 0.2) is 69.0 Å². The molecule has 166 valence electrons. The molecule has 1 N–H and O–H groups in total. The average Bonchev–Trinajstić information content (AvgIpc) is 3.44. The molecular weight excluding hydrogens is 438 g/mol. The maximum Gasteiger partial charge on any atom is 0.373 e. The van der Waals surface area contributed by atoms with Crippen molar-refractivity contribution >= 4 is 39.7 Å². The number of hydrogen-bond acceptors (Lipinski definition) is 6. The summed E-state index contributed by atoms with van der Waals surface area (Å²) in [6.07, 6.45) is 0. The SMILES string of the molecule is COC(=O)c1ccc(CSc2nc3c([nH]c4ccccc43)c(=O)n2-c2cc(C)ccc2C)o1. The van der Waals surface area contributed by atoms with E-state index in [1.165, 1.54) is 18.9 Å². The van der Waals surface area contributed by atoms with Crippen molar-refractivity contribution in [1.82, 2.24) is 14.5 Å². The molecule has 0 radical (unpaired) electrons. The molecule has 5 rings (SSSR count). The van der Waals surface area contributed by atoms with E-state index in [1.54, 1.807) is 16.7 Å². The molecule has 0 saturated heterocycles. The Balaban J connectivity index is 1.67. The molecule has 3 aromatic heterocycles. The number of hydrogen-bond donors (Lipinski definition) is 1. The van der Waals surface area contributed by atoms with Crippen LogP contribution in [0.25, 0.3) is 27.6 Å². The number of nitrogens with one attached hydrogen (secondary N) is 1. The van der Waals surface area contributed by atoms with Crippen LogP contribution >= 0.6 is 11.8 Å². The molecule has 33 heavy (non-hydrogen) atoms. The molecular formula is C25H21N3O4S. The van der Waals surface area contributed by atoms with Crippen LogP contribution < -0.4 is 5.56 Å². The zero-order chi connectivity index (χ0) is 23.1. The van der Waals surface area contributed by atoms with Crippen molar-refractivity contribution in [2.45, 2.75) is 24.8 Å². The zero-order valence-corrected chi connectivity index (χ0v) is 19.2. The largest absolute Gasteiger partial charge is 0.463 e. The first-order chi connectivity index (χ1) is 16.0. The Morgan fingerprint density at radius 1 is 1.15 bits per heavy atom. The smallest absolute Gasteiger partial charge is 0.373 e. The second-order valence-corrected chi connectivity index (χ2v) is 8.71. The normalized spacial score (nSPS) is 11.4. The molecule has 0 fully saturated rings. The van der Waals surface area contributed by atoms with E-state index in [4.69, 9.17) is 14.1 Å². The highest BCUT2D eigenvalue weighted by atomic mass is 32.2. The molecule has 0 atom stereocenters. The molecule has 3 heterocycles. The number of nitrogens with zero attached hydrogens (tertiary/aromatic N) is 2. The van der Waals surface area contributed by atoms with Crippen molar-refractivity contribution in [3.8, 4) is 5.69 Å². The van der Waals surface area contributed by atoms with Gasteiger partial charge >= 0.3 is 5.97 Å². The number of fused-ring (bicyclic) bond motifs is 3. The monoisotopic (exact) mass is 459 g/mol. The number of esters is 1. The van der Waals surface area contributed by atoms with Gasteiger partial charge < -0.3 is 14.1 Å². The summed E-state index contributed by atoms with van der Waals surface area (Å²) in [5.74, 6) is 0.584. The maximum atomic E-state index is 13.7. The summed E-state index contributed by atoms with van der Waals surface area (Å²) in [5, 5.41) is 1.44. The summed E-state index contributed by atoms with van der Waals surface area (Å²) in [7, 11) is 1.31. The van der Waals surface area contributed by atoms with Gasteiger partial charge in [-0.25, -0.2) is 9.78 Å². The Morgan fingerprint density at radius 3 is 2.79 bits per heavy atom. The number of thioether (sulfide) groups is 1. The fourth-order valence-corrected chi connectivity index (χ4v) is 4.71. The lowest BCUT2D eigenvalue weighted by Gasteiger charge is -2.14. The van der Waals surface area contributed by atoms with Crippen molar-refractivity contribution in [1.29, 1.82) is 0 Å². The number of para-hydroxylation sites is 1. The topological polar surface area (TPSA) is 90.1 Å². The Kier molecular flexibility index (Phi) is 5.30. The molecule has 0 bridgehead atoms. The zero-order valence-electron chi connectivity index (χ0n) is 18.3. The highest BCUT2D eigenvalue weighted by molar-refractivity contribution is 7.98. The third-order valence-corrected chi connectivity index (χ3v) is 6.45. The van der Waals surface area contributed by atoms with E-state index in [9.17, 15) is 9.59 Å². The minimum atomic E-state index is -0.531. The predicted molar refractivity (Wildman–Crippen MR) is 128 cm³/mol. The first-order valence-electron chi connectivity index (χ1n) is 10.4. The van der Waals surface area contributed by atoms with E-state index in [1.807, 2.05) is 56.3 Å². The van der Waals surface area contributed by atoms with Crippen molar-refractivity contribution < 1.29 is 13.9 Å². The highest BCUT2D eigenvalue weighted by Crippen LogP contribution is 2.29. The van der Waals surface area contributed by atoms with Crippen LogP contribution in [0.3, 0.4) is 0 Å². The lowest BCUT2D eigenvalue weighted by molar-refractivity contribution is 0.0563. The molecule has 7 nitrogen and oxygen atoms in total. The molecule has 0 saturated carbocycles. The summed E-state index contributed by atoms with van der Waals surface area (Å²) < 4.78 is 12.0. The van der Waals surface area contributed by atoms with Crippen LogP contribution in [-0.2, 0) is 10.5 Å². The predicted octanol–water partition coefficient (Wildman–Crippen LogP) is 5.16. The first-order valence-corrected chi connectivity index (χ1v) is 11.4. The second-order valence-electron chi connectivity index (χ2n) is 7.77. The lowest BCUT2D eigenvalue weighted by atomic mass is 10.1. The fraction of sp³-hybridized carbons (Fsp3) is 0.160. The number of aromatic nitrogens is 3. The van der Waals surface area contributed by atoms with Gasteiger partial charge in [0.25, 0.3) is 5.56 Å². The van der Waals surface area contributed by atoms with E-state index >= 15 is 0 Å². The Morgan fingerprint density at radius 2 is 1.97 bits per heavy atom. The molecule has 0 aliphatic rings. The number of aromatic amines is 1. The average molecular weight is 460 g/mol. The maximum absolute atomic E-state index is 13.7. The first kappa shape index (κ1) is 21.1. The number of furan rings is 1. The van der Waals surface area contributed by atoms with Gasteiger partial charge in [0.2, 0.25) is 5.76 Å². The van der Waals surface area contributed by atoms with E-state index in [2.05, 4.69) is 4.98 Å². The third-order valence-electron chi connectivity index (χ3n) is 5.49. The second kappa shape index (κ2) is 8.29. The molecule has 0 unspecified atom stereocenters. The van der Waals surface area contributed by atoms with Gasteiger partial charge in [-0.05, 0) is 49.2 Å². The van der Waals surface area contributed by atoms with Gasteiger partial charge in [-0.15, -0.1) is 0 Å². The minimum Gasteiger partial charge on any atom is -0.463 e. The van der Waals surface area contributed by atoms with E-state index < -0.39 is 5.97 Å². The van der Waals surface area contributed by atoms with Crippen LogP contribution in [0, 0.1) is 13.8 Å². The van der Waals surface area contributed by atoms with Crippen LogP contribution in [0.2, 0.25) is 0 Å². The van der Waals surface area contributed by atoms with Gasteiger partial charge in [0.1, 0.15) is 16.8 Å². The van der Waals surface area contributed by atoms with Gasteiger partial charge in [0.05, 0.1) is 18.6 Å². The lowest BCUT2D eigenvalue weighted by Crippen LogP contribution is -2.22. The van der Waals surface area contributed by atoms with Gasteiger partial charge in [-0.2, -0.15) is 0 Å². The summed E-state index contributed by atoms with van der Waals surface area (Å²) in [6, 6.07) is 17.0. The van der Waals surface area contributed by atoms with Crippen molar-refractivity contribution in [3.63, 3.8) is 0 Å². The molecule has 5 aromatic rings.